The zero-order valence-corrected chi connectivity index (χ0v) is 14.7. The number of hydrogen-bond acceptors (Lipinski definition) is 2. The summed E-state index contributed by atoms with van der Waals surface area (Å²) in [6.45, 7) is 0. The minimum Gasteiger partial charge on any atom is -0.237 e. The lowest BCUT2D eigenvalue weighted by Crippen LogP contribution is -2.04. The van der Waals surface area contributed by atoms with E-state index in [1.54, 1.807) is 6.07 Å². The summed E-state index contributed by atoms with van der Waals surface area (Å²) in [5.41, 5.74) is 3.11. The predicted molar refractivity (Wildman–Crippen MR) is 104 cm³/mol. The average molecular weight is 379 g/mol. The van der Waals surface area contributed by atoms with Crippen molar-refractivity contribution in [3.05, 3.63) is 78.4 Å². The minimum atomic E-state index is -4.37. The Bertz CT molecular complexity index is 1260. The fourth-order valence-corrected chi connectivity index (χ4v) is 4.64. The van der Waals surface area contributed by atoms with Gasteiger partial charge in [0.05, 0.1) is 11.1 Å². The number of nitrogens with zero attached hydrogens (tertiary/aromatic N) is 1. The largest absolute Gasteiger partial charge is 0.416 e. The Kier molecular flexibility index (Phi) is 3.49. The monoisotopic (exact) mass is 379 g/mol. The van der Waals surface area contributed by atoms with E-state index in [0.29, 0.717) is 4.70 Å². The van der Waals surface area contributed by atoms with Gasteiger partial charge in [-0.05, 0) is 23.8 Å². The molecule has 0 atom stereocenters. The van der Waals surface area contributed by atoms with E-state index in [9.17, 15) is 13.2 Å². The Morgan fingerprint density at radius 3 is 2.26 bits per heavy atom. The Labute approximate surface area is 157 Å². The summed E-state index contributed by atoms with van der Waals surface area (Å²) in [6.07, 6.45) is -4.37. The minimum absolute atomic E-state index is 0.582. The molecule has 2 aliphatic heterocycles. The molecule has 5 rings (SSSR count). The molecule has 3 aromatic carbocycles. The molecule has 132 valence electrons. The van der Waals surface area contributed by atoms with Crippen LogP contribution < -0.4 is 0 Å². The number of hydrogen-bond donors (Lipinski definition) is 0. The Morgan fingerprint density at radius 1 is 0.741 bits per heavy atom. The van der Waals surface area contributed by atoms with Gasteiger partial charge in [-0.2, -0.15) is 13.2 Å². The molecule has 0 bridgehead atoms. The van der Waals surface area contributed by atoms with Crippen molar-refractivity contribution in [2.75, 3.05) is 0 Å². The Hall–Kier alpha value is -2.92. The van der Waals surface area contributed by atoms with E-state index < -0.39 is 11.7 Å². The molecule has 2 aliphatic rings. The van der Waals surface area contributed by atoms with Gasteiger partial charge in [0.2, 0.25) is 0 Å². The molecule has 0 saturated heterocycles. The smallest absolute Gasteiger partial charge is 0.237 e. The maximum absolute atomic E-state index is 13.2. The highest BCUT2D eigenvalue weighted by Gasteiger charge is 2.31. The summed E-state index contributed by atoms with van der Waals surface area (Å²) in [5, 5.41) is 2.58. The summed E-state index contributed by atoms with van der Waals surface area (Å²) < 4.78 is 40.2. The summed E-state index contributed by atoms with van der Waals surface area (Å²) in [7, 11) is 0. The molecule has 5 heteroatoms. The van der Waals surface area contributed by atoms with Crippen LogP contribution in [0.25, 0.3) is 42.7 Å². The van der Waals surface area contributed by atoms with Gasteiger partial charge in [-0.25, -0.2) is 4.98 Å². The molecule has 0 radical (unpaired) electrons. The fourth-order valence-electron chi connectivity index (χ4n) is 3.51. The third-order valence-corrected chi connectivity index (χ3v) is 5.75. The first kappa shape index (κ1) is 16.3. The van der Waals surface area contributed by atoms with E-state index in [1.165, 1.54) is 17.4 Å². The van der Waals surface area contributed by atoms with E-state index in [-0.39, 0.29) is 0 Å². The molecule has 0 amide bonds. The van der Waals surface area contributed by atoms with Gasteiger partial charge in [0.25, 0.3) is 0 Å². The number of halogens is 3. The first-order valence-electron chi connectivity index (χ1n) is 8.40. The van der Waals surface area contributed by atoms with Crippen LogP contribution in [0.5, 0.6) is 0 Å². The molecule has 0 spiro atoms. The van der Waals surface area contributed by atoms with Crippen molar-refractivity contribution >= 4 is 32.3 Å². The molecule has 1 nitrogen and oxygen atoms in total. The van der Waals surface area contributed by atoms with Crippen LogP contribution >= 0.6 is 11.3 Å². The van der Waals surface area contributed by atoms with E-state index in [1.807, 2.05) is 54.6 Å². The second kappa shape index (κ2) is 5.79. The predicted octanol–water partition coefficient (Wildman–Crippen LogP) is 7.24. The molecular weight excluding hydrogens is 367 g/mol. The summed E-state index contributed by atoms with van der Waals surface area (Å²) in [4.78, 5) is 4.68. The van der Waals surface area contributed by atoms with E-state index in [2.05, 4.69) is 4.98 Å². The number of fused-ring (bicyclic) bond motifs is 4. The SMILES string of the molecule is FC(F)(F)c1ccc2c(-c3ccccc3)c3c4ccccc4nc-3sc2c1. The zero-order chi connectivity index (χ0) is 18.6. The van der Waals surface area contributed by atoms with Crippen LogP contribution in [0.3, 0.4) is 0 Å². The van der Waals surface area contributed by atoms with Crippen molar-refractivity contribution in [2.24, 2.45) is 0 Å². The van der Waals surface area contributed by atoms with E-state index in [4.69, 9.17) is 0 Å². The lowest BCUT2D eigenvalue weighted by Gasteiger charge is -2.14. The van der Waals surface area contributed by atoms with Crippen LogP contribution in [0.4, 0.5) is 13.2 Å². The number of benzene rings is 3. The molecule has 0 N–H and O–H groups in total. The highest BCUT2D eigenvalue weighted by molar-refractivity contribution is 7.21. The van der Waals surface area contributed by atoms with Crippen molar-refractivity contribution in [3.63, 3.8) is 0 Å². The number of aromatic nitrogens is 1. The third kappa shape index (κ3) is 2.58. The maximum atomic E-state index is 13.2. The van der Waals surface area contributed by atoms with Crippen LogP contribution in [0.1, 0.15) is 5.56 Å². The van der Waals surface area contributed by atoms with Gasteiger partial charge in [0.1, 0.15) is 5.01 Å². The van der Waals surface area contributed by atoms with Crippen molar-refractivity contribution in [1.82, 2.24) is 4.98 Å². The fraction of sp³-hybridized carbons (Fsp3) is 0.0455. The normalized spacial score (nSPS) is 12.3. The molecule has 0 fully saturated rings. The summed E-state index contributed by atoms with van der Waals surface area (Å²) >= 11 is 1.30. The third-order valence-electron chi connectivity index (χ3n) is 4.71. The second-order valence-corrected chi connectivity index (χ2v) is 7.39. The van der Waals surface area contributed by atoms with Crippen LogP contribution in [0.2, 0.25) is 0 Å². The quantitative estimate of drug-likeness (QED) is 0.299. The molecular formula is C22H12F3NS. The lowest BCUT2D eigenvalue weighted by atomic mass is 9.95. The number of alkyl halides is 3. The van der Waals surface area contributed by atoms with Gasteiger partial charge in [-0.3, -0.25) is 0 Å². The molecule has 3 aromatic rings. The van der Waals surface area contributed by atoms with Crippen molar-refractivity contribution in [1.29, 1.82) is 0 Å². The van der Waals surface area contributed by atoms with Crippen LogP contribution in [-0.2, 0) is 6.18 Å². The first-order valence-corrected chi connectivity index (χ1v) is 9.21. The number of rotatable bonds is 1. The lowest BCUT2D eigenvalue weighted by molar-refractivity contribution is -0.137. The van der Waals surface area contributed by atoms with Crippen molar-refractivity contribution < 1.29 is 13.2 Å². The van der Waals surface area contributed by atoms with Crippen LogP contribution in [-0.4, -0.2) is 4.98 Å². The maximum Gasteiger partial charge on any atom is 0.416 e. The van der Waals surface area contributed by atoms with Gasteiger partial charge < -0.3 is 0 Å². The van der Waals surface area contributed by atoms with Gasteiger partial charge in [0.15, 0.2) is 0 Å². The van der Waals surface area contributed by atoms with Gasteiger partial charge in [-0.15, -0.1) is 11.3 Å². The molecule has 0 saturated carbocycles. The van der Waals surface area contributed by atoms with E-state index in [0.717, 1.165) is 44.1 Å². The van der Waals surface area contributed by atoms with Crippen molar-refractivity contribution in [3.8, 4) is 21.7 Å². The van der Waals surface area contributed by atoms with Crippen LogP contribution in [0, 0.1) is 0 Å². The molecule has 2 heterocycles. The van der Waals surface area contributed by atoms with Gasteiger partial charge in [0, 0.05) is 26.6 Å². The van der Waals surface area contributed by atoms with Gasteiger partial charge >= 0.3 is 6.18 Å². The standard InChI is InChI=1S/C22H12F3NS/c23-22(24,25)14-10-11-16-18(12-14)27-21-20(15-8-4-5-9-17(15)26-21)19(16)13-6-2-1-3-7-13/h1-12H. The highest BCUT2D eigenvalue weighted by Crippen LogP contribution is 2.47. The summed E-state index contributed by atoms with van der Waals surface area (Å²) in [5.74, 6) is 0. The van der Waals surface area contributed by atoms with Crippen molar-refractivity contribution in [2.45, 2.75) is 6.18 Å². The van der Waals surface area contributed by atoms with Crippen LogP contribution in [0.15, 0.2) is 72.8 Å². The Balaban J connectivity index is 1.97. The highest BCUT2D eigenvalue weighted by atomic mass is 32.1. The average Bonchev–Trinajstić information content (AvgIpc) is 3.03. The Morgan fingerprint density at radius 2 is 1.48 bits per heavy atom. The zero-order valence-electron chi connectivity index (χ0n) is 13.9. The second-order valence-electron chi connectivity index (χ2n) is 6.36. The number of para-hydroxylation sites is 1. The van der Waals surface area contributed by atoms with E-state index >= 15 is 0 Å². The summed E-state index contributed by atoms with van der Waals surface area (Å²) in [6, 6.07) is 21.6. The molecule has 0 unspecified atom stereocenters. The molecule has 27 heavy (non-hydrogen) atoms. The molecule has 0 aliphatic carbocycles. The molecule has 0 aromatic heterocycles. The van der Waals surface area contributed by atoms with Gasteiger partial charge in [-0.1, -0.05) is 54.6 Å². The topological polar surface area (TPSA) is 12.9 Å². The first-order chi connectivity index (χ1) is 13.0.